The van der Waals surface area contributed by atoms with Crippen molar-refractivity contribution in [2.24, 2.45) is 23.7 Å². The lowest BCUT2D eigenvalue weighted by atomic mass is 9.78. The molecule has 0 spiro atoms. The van der Waals surface area contributed by atoms with Gasteiger partial charge in [-0.1, -0.05) is 71.9 Å². The van der Waals surface area contributed by atoms with Crippen LogP contribution in [-0.2, 0) is 35.1 Å². The SMILES string of the molecule is CCC1O[C@@H](O[C@@H]2C(CC)O[C@H](OCc3ccccc3)C(C)[C@H]2OCC(=O)O)C(C)[C@@H](C)[C@@H]1C. The average molecular weight is 479 g/mol. The summed E-state index contributed by atoms with van der Waals surface area (Å²) < 4.78 is 31.4. The molecular weight excluding hydrogens is 436 g/mol. The Morgan fingerprint density at radius 1 is 0.824 bits per heavy atom. The van der Waals surface area contributed by atoms with Crippen molar-refractivity contribution in [1.29, 1.82) is 0 Å². The first-order chi connectivity index (χ1) is 16.3. The molecule has 192 valence electrons. The van der Waals surface area contributed by atoms with Gasteiger partial charge >= 0.3 is 5.97 Å². The molecule has 3 rings (SSSR count). The van der Waals surface area contributed by atoms with Crippen LogP contribution >= 0.6 is 0 Å². The molecule has 0 saturated carbocycles. The minimum atomic E-state index is -1.01. The van der Waals surface area contributed by atoms with E-state index in [4.69, 9.17) is 23.7 Å². The Morgan fingerprint density at radius 3 is 2.09 bits per heavy atom. The third-order valence-corrected chi connectivity index (χ3v) is 7.68. The van der Waals surface area contributed by atoms with Crippen LogP contribution in [0.2, 0.25) is 0 Å². The smallest absolute Gasteiger partial charge is 0.329 e. The lowest BCUT2D eigenvalue weighted by Gasteiger charge is -2.49. The van der Waals surface area contributed by atoms with Gasteiger partial charge in [0.1, 0.15) is 12.7 Å². The van der Waals surface area contributed by atoms with Gasteiger partial charge in [-0.3, -0.25) is 0 Å². The van der Waals surface area contributed by atoms with E-state index in [9.17, 15) is 9.90 Å². The summed E-state index contributed by atoms with van der Waals surface area (Å²) in [6, 6.07) is 9.91. The summed E-state index contributed by atoms with van der Waals surface area (Å²) in [7, 11) is 0. The van der Waals surface area contributed by atoms with E-state index in [1.54, 1.807) is 0 Å². The Labute approximate surface area is 204 Å². The molecule has 2 aliphatic rings. The maximum atomic E-state index is 11.3. The van der Waals surface area contributed by atoms with E-state index in [0.29, 0.717) is 24.9 Å². The van der Waals surface area contributed by atoms with Gasteiger partial charge in [-0.15, -0.1) is 0 Å². The zero-order chi connectivity index (χ0) is 24.8. The third-order valence-electron chi connectivity index (χ3n) is 7.68. The molecule has 1 aromatic carbocycles. The van der Waals surface area contributed by atoms with Gasteiger partial charge in [-0.2, -0.15) is 0 Å². The lowest BCUT2D eigenvalue weighted by Crippen LogP contribution is -2.59. The number of benzene rings is 1. The minimum absolute atomic E-state index is 0.124. The molecule has 7 nitrogen and oxygen atoms in total. The van der Waals surface area contributed by atoms with Crippen molar-refractivity contribution in [1.82, 2.24) is 0 Å². The second-order valence-corrected chi connectivity index (χ2v) is 9.91. The molecule has 2 saturated heterocycles. The number of aliphatic carboxylic acids is 1. The highest BCUT2D eigenvalue weighted by atomic mass is 16.7. The average Bonchev–Trinajstić information content (AvgIpc) is 2.83. The van der Waals surface area contributed by atoms with Crippen LogP contribution < -0.4 is 0 Å². The van der Waals surface area contributed by atoms with Crippen LogP contribution in [-0.4, -0.2) is 54.7 Å². The van der Waals surface area contributed by atoms with Crippen molar-refractivity contribution >= 4 is 5.97 Å². The van der Waals surface area contributed by atoms with E-state index in [0.717, 1.165) is 12.0 Å². The van der Waals surface area contributed by atoms with Gasteiger partial charge in [0.2, 0.25) is 0 Å². The molecule has 0 aromatic heterocycles. The monoisotopic (exact) mass is 478 g/mol. The molecule has 7 heteroatoms. The first-order valence-corrected chi connectivity index (χ1v) is 12.7. The quantitative estimate of drug-likeness (QED) is 0.513. The number of rotatable bonds is 10. The first kappa shape index (κ1) is 27.1. The standard InChI is InChI=1S/C27H42O7/c1-7-21-17(4)16(3)18(5)27(32-21)34-25-22(8-2)33-26(19(6)24(25)30-15-23(28)29)31-14-20-12-10-9-11-13-20/h9-13,16-19,21-22,24-27H,7-8,14-15H2,1-6H3,(H,28,29)/t16-,17-,18?,19?,21?,22?,24+,25+,26-,27-/m0/s1. The van der Waals surface area contributed by atoms with Gasteiger partial charge in [0.15, 0.2) is 12.6 Å². The zero-order valence-electron chi connectivity index (χ0n) is 21.4. The van der Waals surface area contributed by atoms with Crippen molar-refractivity contribution in [2.45, 2.75) is 98.0 Å². The van der Waals surface area contributed by atoms with Crippen LogP contribution in [0.25, 0.3) is 0 Å². The molecule has 0 radical (unpaired) electrons. The second kappa shape index (κ2) is 12.5. The molecule has 2 heterocycles. The molecule has 1 aromatic rings. The molecule has 34 heavy (non-hydrogen) atoms. The third kappa shape index (κ3) is 6.38. The summed E-state index contributed by atoms with van der Waals surface area (Å²) in [6.45, 7) is 12.8. The summed E-state index contributed by atoms with van der Waals surface area (Å²) in [5.74, 6) is -0.168. The second-order valence-electron chi connectivity index (χ2n) is 9.91. The lowest BCUT2D eigenvalue weighted by molar-refractivity contribution is -0.338. The van der Waals surface area contributed by atoms with E-state index < -0.39 is 37.4 Å². The Bertz CT molecular complexity index is 755. The van der Waals surface area contributed by atoms with Gasteiger partial charge in [0.25, 0.3) is 0 Å². The predicted molar refractivity (Wildman–Crippen MR) is 128 cm³/mol. The molecule has 0 amide bonds. The Balaban J connectivity index is 1.77. The highest BCUT2D eigenvalue weighted by molar-refractivity contribution is 5.68. The molecular formula is C27H42O7. The summed E-state index contributed by atoms with van der Waals surface area (Å²) in [5, 5.41) is 9.30. The Morgan fingerprint density at radius 2 is 1.47 bits per heavy atom. The van der Waals surface area contributed by atoms with E-state index in [1.807, 2.05) is 44.2 Å². The fourth-order valence-electron chi connectivity index (χ4n) is 5.15. The fourth-order valence-corrected chi connectivity index (χ4v) is 5.15. The molecule has 0 aliphatic carbocycles. The van der Waals surface area contributed by atoms with Crippen LogP contribution in [0.1, 0.15) is 59.9 Å². The maximum Gasteiger partial charge on any atom is 0.329 e. The molecule has 2 aliphatic heterocycles. The summed E-state index contributed by atoms with van der Waals surface area (Å²) in [6.07, 6.45) is -0.469. The van der Waals surface area contributed by atoms with E-state index >= 15 is 0 Å². The van der Waals surface area contributed by atoms with Gasteiger partial charge in [-0.05, 0) is 30.2 Å². The Hall–Kier alpha value is -1.51. The molecule has 2 fully saturated rings. The number of carboxylic acids is 1. The maximum absolute atomic E-state index is 11.3. The topological polar surface area (TPSA) is 83.5 Å². The van der Waals surface area contributed by atoms with Crippen molar-refractivity contribution in [3.63, 3.8) is 0 Å². The van der Waals surface area contributed by atoms with Crippen molar-refractivity contribution < 1.29 is 33.6 Å². The summed E-state index contributed by atoms with van der Waals surface area (Å²) in [5.41, 5.74) is 1.05. The highest BCUT2D eigenvalue weighted by Crippen LogP contribution is 2.40. The van der Waals surface area contributed by atoms with Gasteiger partial charge in [-0.25, -0.2) is 4.79 Å². The van der Waals surface area contributed by atoms with E-state index in [1.165, 1.54) is 0 Å². The van der Waals surface area contributed by atoms with Crippen LogP contribution in [0.3, 0.4) is 0 Å². The zero-order valence-corrected chi connectivity index (χ0v) is 21.4. The van der Waals surface area contributed by atoms with Crippen LogP contribution in [0.5, 0.6) is 0 Å². The van der Waals surface area contributed by atoms with Crippen LogP contribution in [0.4, 0.5) is 0 Å². The summed E-state index contributed by atoms with van der Waals surface area (Å²) >= 11 is 0. The van der Waals surface area contributed by atoms with E-state index in [2.05, 4.69) is 27.7 Å². The number of ether oxygens (including phenoxy) is 5. The predicted octanol–water partition coefficient (Wildman–Crippen LogP) is 4.87. The van der Waals surface area contributed by atoms with Gasteiger partial charge in [0, 0.05) is 11.8 Å². The highest BCUT2D eigenvalue weighted by Gasteiger charge is 2.48. The number of hydrogen-bond donors (Lipinski definition) is 1. The van der Waals surface area contributed by atoms with Crippen molar-refractivity contribution in [2.75, 3.05) is 6.61 Å². The van der Waals surface area contributed by atoms with Crippen LogP contribution in [0.15, 0.2) is 30.3 Å². The largest absolute Gasteiger partial charge is 0.480 e. The van der Waals surface area contributed by atoms with Gasteiger partial charge < -0.3 is 28.8 Å². The van der Waals surface area contributed by atoms with Crippen molar-refractivity contribution in [3.05, 3.63) is 35.9 Å². The Kier molecular flexibility index (Phi) is 9.92. The molecule has 0 bridgehead atoms. The normalized spacial score (nSPS) is 38.5. The molecule has 4 unspecified atom stereocenters. The number of carboxylic acid groups (broad SMARTS) is 1. The van der Waals surface area contributed by atoms with Crippen LogP contribution in [0, 0.1) is 23.7 Å². The van der Waals surface area contributed by atoms with Crippen molar-refractivity contribution in [3.8, 4) is 0 Å². The number of hydrogen-bond acceptors (Lipinski definition) is 6. The fraction of sp³-hybridized carbons (Fsp3) is 0.741. The molecule has 1 N–H and O–H groups in total. The number of carbonyl (C=O) groups is 1. The van der Waals surface area contributed by atoms with E-state index in [-0.39, 0.29) is 24.0 Å². The summed E-state index contributed by atoms with van der Waals surface area (Å²) in [4.78, 5) is 11.3. The molecule has 10 atom stereocenters. The minimum Gasteiger partial charge on any atom is -0.480 e. The first-order valence-electron chi connectivity index (χ1n) is 12.7. The van der Waals surface area contributed by atoms with Gasteiger partial charge in [0.05, 0.1) is 24.9 Å².